The van der Waals surface area contributed by atoms with Crippen LogP contribution in [-0.4, -0.2) is 22.9 Å². The molecule has 3 nitrogen and oxygen atoms in total. The standard InChI is InChI=1S/C14H22N2OS/c1-4-7-10(3)16-13(12-8-6-9-18-12)15-11(5-2)14(16)17/h6,8-11,13,15H,4-5,7H2,1-3H3. The van der Waals surface area contributed by atoms with Crippen molar-refractivity contribution in [3.05, 3.63) is 22.4 Å². The lowest BCUT2D eigenvalue weighted by Gasteiger charge is -2.29. The van der Waals surface area contributed by atoms with Crippen LogP contribution in [0.4, 0.5) is 0 Å². The predicted octanol–water partition coefficient (Wildman–Crippen LogP) is 3.15. The van der Waals surface area contributed by atoms with E-state index in [0.29, 0.717) is 6.04 Å². The lowest BCUT2D eigenvalue weighted by molar-refractivity contribution is -0.132. The van der Waals surface area contributed by atoms with Crippen molar-refractivity contribution in [1.29, 1.82) is 0 Å². The number of hydrogen-bond acceptors (Lipinski definition) is 3. The van der Waals surface area contributed by atoms with Crippen LogP contribution in [0.3, 0.4) is 0 Å². The van der Waals surface area contributed by atoms with Crippen LogP contribution in [0.25, 0.3) is 0 Å². The normalized spacial score (nSPS) is 25.7. The molecule has 1 amide bonds. The van der Waals surface area contributed by atoms with E-state index in [0.717, 1.165) is 19.3 Å². The first-order valence-corrected chi connectivity index (χ1v) is 7.68. The van der Waals surface area contributed by atoms with E-state index in [4.69, 9.17) is 0 Å². The number of thiophene rings is 1. The van der Waals surface area contributed by atoms with Crippen LogP contribution >= 0.6 is 11.3 Å². The van der Waals surface area contributed by atoms with Gasteiger partial charge in [0.15, 0.2) is 0 Å². The van der Waals surface area contributed by atoms with E-state index in [2.05, 4.69) is 37.5 Å². The van der Waals surface area contributed by atoms with Crippen molar-refractivity contribution < 1.29 is 4.79 Å². The second kappa shape index (κ2) is 5.85. The second-order valence-corrected chi connectivity index (χ2v) is 5.91. The summed E-state index contributed by atoms with van der Waals surface area (Å²) in [5.74, 6) is 0.261. The zero-order valence-electron chi connectivity index (χ0n) is 11.3. The number of nitrogens with one attached hydrogen (secondary N) is 1. The quantitative estimate of drug-likeness (QED) is 0.888. The van der Waals surface area contributed by atoms with Crippen LogP contribution < -0.4 is 5.32 Å². The summed E-state index contributed by atoms with van der Waals surface area (Å²) in [7, 11) is 0. The molecule has 100 valence electrons. The average Bonchev–Trinajstić information content (AvgIpc) is 2.96. The lowest BCUT2D eigenvalue weighted by atomic mass is 10.1. The van der Waals surface area contributed by atoms with Gasteiger partial charge < -0.3 is 4.90 Å². The SMILES string of the molecule is CCCC(C)N1C(=O)C(CC)NC1c1cccs1. The maximum atomic E-state index is 12.4. The van der Waals surface area contributed by atoms with Gasteiger partial charge in [-0.2, -0.15) is 0 Å². The molecule has 1 saturated heterocycles. The van der Waals surface area contributed by atoms with Crippen LogP contribution in [0.2, 0.25) is 0 Å². The van der Waals surface area contributed by atoms with Gasteiger partial charge in [-0.25, -0.2) is 0 Å². The Labute approximate surface area is 113 Å². The van der Waals surface area contributed by atoms with Crippen LogP contribution in [0.5, 0.6) is 0 Å². The molecule has 1 fully saturated rings. The first kappa shape index (κ1) is 13.6. The fourth-order valence-corrected chi connectivity index (χ4v) is 3.42. The molecule has 2 rings (SSSR count). The first-order chi connectivity index (χ1) is 8.69. The predicted molar refractivity (Wildman–Crippen MR) is 75.5 cm³/mol. The molecule has 0 radical (unpaired) electrons. The van der Waals surface area contributed by atoms with E-state index in [1.54, 1.807) is 11.3 Å². The molecule has 0 spiro atoms. The van der Waals surface area contributed by atoms with E-state index in [9.17, 15) is 4.79 Å². The van der Waals surface area contributed by atoms with Crippen LogP contribution in [0.15, 0.2) is 17.5 Å². The summed E-state index contributed by atoms with van der Waals surface area (Å²) in [4.78, 5) is 15.7. The molecule has 1 aliphatic heterocycles. The molecule has 4 heteroatoms. The Morgan fingerprint density at radius 2 is 2.28 bits per heavy atom. The maximum Gasteiger partial charge on any atom is 0.241 e. The van der Waals surface area contributed by atoms with Crippen LogP contribution in [-0.2, 0) is 4.79 Å². The van der Waals surface area contributed by atoms with Gasteiger partial charge in [0.1, 0.15) is 6.17 Å². The fraction of sp³-hybridized carbons (Fsp3) is 0.643. The van der Waals surface area contributed by atoms with Gasteiger partial charge in [0.25, 0.3) is 0 Å². The highest BCUT2D eigenvalue weighted by molar-refractivity contribution is 7.10. The monoisotopic (exact) mass is 266 g/mol. The van der Waals surface area contributed by atoms with Crippen molar-refractivity contribution >= 4 is 17.2 Å². The Hall–Kier alpha value is -0.870. The van der Waals surface area contributed by atoms with Gasteiger partial charge in [-0.15, -0.1) is 11.3 Å². The summed E-state index contributed by atoms with van der Waals surface area (Å²) in [5, 5.41) is 5.54. The molecule has 2 heterocycles. The van der Waals surface area contributed by atoms with Gasteiger partial charge in [-0.3, -0.25) is 10.1 Å². The zero-order valence-corrected chi connectivity index (χ0v) is 12.2. The molecular weight excluding hydrogens is 244 g/mol. The number of rotatable bonds is 5. The molecule has 1 N–H and O–H groups in total. The summed E-state index contributed by atoms with van der Waals surface area (Å²) in [5.41, 5.74) is 0. The fourth-order valence-electron chi connectivity index (χ4n) is 2.64. The Morgan fingerprint density at radius 3 is 2.83 bits per heavy atom. The number of hydrogen-bond donors (Lipinski definition) is 1. The molecule has 3 unspecified atom stereocenters. The second-order valence-electron chi connectivity index (χ2n) is 4.93. The highest BCUT2D eigenvalue weighted by atomic mass is 32.1. The first-order valence-electron chi connectivity index (χ1n) is 6.80. The van der Waals surface area contributed by atoms with Crippen molar-refractivity contribution in [1.82, 2.24) is 10.2 Å². The largest absolute Gasteiger partial charge is 0.318 e. The average molecular weight is 266 g/mol. The molecule has 1 aromatic rings. The topological polar surface area (TPSA) is 32.3 Å². The smallest absolute Gasteiger partial charge is 0.241 e. The van der Waals surface area contributed by atoms with Crippen LogP contribution in [0, 0.1) is 0 Å². The summed E-state index contributed by atoms with van der Waals surface area (Å²) in [6.45, 7) is 6.39. The van der Waals surface area contributed by atoms with E-state index in [1.165, 1.54) is 4.88 Å². The molecule has 1 aliphatic rings. The van der Waals surface area contributed by atoms with E-state index in [1.807, 2.05) is 11.0 Å². The molecule has 3 atom stereocenters. The molecule has 0 aromatic carbocycles. The molecule has 18 heavy (non-hydrogen) atoms. The van der Waals surface area contributed by atoms with Crippen molar-refractivity contribution in [2.45, 2.75) is 58.3 Å². The summed E-state index contributed by atoms with van der Waals surface area (Å²) in [6.07, 6.45) is 3.10. The highest BCUT2D eigenvalue weighted by Crippen LogP contribution is 2.32. The van der Waals surface area contributed by atoms with Gasteiger partial charge in [0, 0.05) is 10.9 Å². The van der Waals surface area contributed by atoms with Gasteiger partial charge in [0.05, 0.1) is 6.04 Å². The minimum absolute atomic E-state index is 0.0172. The number of carbonyl (C=O) groups excluding carboxylic acids is 1. The van der Waals surface area contributed by atoms with E-state index < -0.39 is 0 Å². The third-order valence-corrected chi connectivity index (χ3v) is 4.52. The maximum absolute atomic E-state index is 12.4. The highest BCUT2D eigenvalue weighted by Gasteiger charge is 2.41. The Balaban J connectivity index is 2.23. The minimum atomic E-state index is -0.0172. The van der Waals surface area contributed by atoms with E-state index >= 15 is 0 Å². The molecule has 1 aromatic heterocycles. The summed E-state index contributed by atoms with van der Waals surface area (Å²) >= 11 is 1.72. The zero-order chi connectivity index (χ0) is 13.1. The van der Waals surface area contributed by atoms with Crippen molar-refractivity contribution in [2.75, 3.05) is 0 Å². The number of carbonyl (C=O) groups is 1. The van der Waals surface area contributed by atoms with Crippen molar-refractivity contribution in [3.63, 3.8) is 0 Å². The molecule has 0 saturated carbocycles. The number of amides is 1. The van der Waals surface area contributed by atoms with Gasteiger partial charge in [0.2, 0.25) is 5.91 Å². The third-order valence-electron chi connectivity index (χ3n) is 3.59. The number of nitrogens with zero attached hydrogens (tertiary/aromatic N) is 1. The van der Waals surface area contributed by atoms with Gasteiger partial charge in [-0.05, 0) is 31.2 Å². The molecule has 0 aliphatic carbocycles. The molecule has 0 bridgehead atoms. The minimum Gasteiger partial charge on any atom is -0.318 e. The Morgan fingerprint density at radius 1 is 1.50 bits per heavy atom. The lowest BCUT2D eigenvalue weighted by Crippen LogP contribution is -2.38. The Kier molecular flexibility index (Phi) is 4.40. The van der Waals surface area contributed by atoms with Gasteiger partial charge >= 0.3 is 0 Å². The van der Waals surface area contributed by atoms with Crippen LogP contribution in [0.1, 0.15) is 51.1 Å². The summed E-state index contributed by atoms with van der Waals surface area (Å²) < 4.78 is 0. The summed E-state index contributed by atoms with van der Waals surface area (Å²) in [6, 6.07) is 4.45. The van der Waals surface area contributed by atoms with Gasteiger partial charge in [-0.1, -0.05) is 26.3 Å². The third kappa shape index (κ3) is 2.45. The Bertz CT molecular complexity index is 391. The van der Waals surface area contributed by atoms with Crippen molar-refractivity contribution in [2.24, 2.45) is 0 Å². The van der Waals surface area contributed by atoms with E-state index in [-0.39, 0.29) is 18.1 Å². The van der Waals surface area contributed by atoms with Crippen molar-refractivity contribution in [3.8, 4) is 0 Å². The molecular formula is C14H22N2OS.